The number of anilines is 1. The number of likely N-dealkylation sites (tertiary alicyclic amines) is 1. The molecule has 2 fully saturated rings. The van der Waals surface area contributed by atoms with E-state index in [-0.39, 0.29) is 0 Å². The molecule has 2 aromatic carbocycles. The third-order valence-electron chi connectivity index (χ3n) is 7.56. The highest BCUT2D eigenvalue weighted by Crippen LogP contribution is 2.36. The Morgan fingerprint density at radius 1 is 0.867 bits per heavy atom. The highest BCUT2D eigenvalue weighted by Gasteiger charge is 2.35. The maximum absolute atomic E-state index is 5.49. The van der Waals surface area contributed by atoms with Crippen LogP contribution in [0.4, 0.5) is 5.69 Å². The van der Waals surface area contributed by atoms with Crippen molar-refractivity contribution in [2.45, 2.75) is 31.7 Å². The van der Waals surface area contributed by atoms with Crippen LogP contribution < -0.4 is 9.64 Å². The maximum atomic E-state index is 5.49. The van der Waals surface area contributed by atoms with E-state index >= 15 is 0 Å². The Balaban J connectivity index is 1.17. The predicted octanol–water partition coefficient (Wildman–Crippen LogP) is 3.70. The lowest BCUT2D eigenvalue weighted by Gasteiger charge is -2.45. The molecule has 0 aromatic heterocycles. The lowest BCUT2D eigenvalue weighted by atomic mass is 9.75. The van der Waals surface area contributed by atoms with E-state index in [0.717, 1.165) is 24.8 Å². The summed E-state index contributed by atoms with van der Waals surface area (Å²) in [7, 11) is 1.78. The first-order chi connectivity index (χ1) is 14.8. The van der Waals surface area contributed by atoms with E-state index in [1.165, 1.54) is 69.7 Å². The van der Waals surface area contributed by atoms with Gasteiger partial charge in [-0.2, -0.15) is 0 Å². The van der Waals surface area contributed by atoms with Crippen LogP contribution in [0.15, 0.2) is 48.5 Å². The lowest BCUT2D eigenvalue weighted by Crippen LogP contribution is -2.53. The number of piperazine rings is 1. The quantitative estimate of drug-likeness (QED) is 0.755. The first-order valence-corrected chi connectivity index (χ1v) is 11.7. The lowest BCUT2D eigenvalue weighted by molar-refractivity contribution is 0.0726. The van der Waals surface area contributed by atoms with Gasteiger partial charge in [-0.05, 0) is 73.5 Å². The van der Waals surface area contributed by atoms with Crippen LogP contribution in [0.3, 0.4) is 0 Å². The van der Waals surface area contributed by atoms with Crippen molar-refractivity contribution in [1.29, 1.82) is 0 Å². The Morgan fingerprint density at radius 3 is 2.50 bits per heavy atom. The van der Waals surface area contributed by atoms with Crippen molar-refractivity contribution in [3.05, 3.63) is 59.7 Å². The molecule has 0 saturated carbocycles. The summed E-state index contributed by atoms with van der Waals surface area (Å²) in [5.74, 6) is 1.83. The van der Waals surface area contributed by atoms with Gasteiger partial charge < -0.3 is 9.64 Å². The van der Waals surface area contributed by atoms with Gasteiger partial charge in [0, 0.05) is 51.0 Å². The van der Waals surface area contributed by atoms with Crippen molar-refractivity contribution in [2.24, 2.45) is 5.92 Å². The van der Waals surface area contributed by atoms with Crippen LogP contribution in [0.25, 0.3) is 0 Å². The standard InChI is InChI=1S/C26H35N3O/c1-30-25-10-9-21-18-22-6-5-11-29(26(22)20-23(21)19-25)17-14-27-12-15-28(16-13-27)24-7-3-2-4-8-24/h2-4,7-10,19,22,26H,5-6,11-18,20H2,1H3/t22-,26+/m0/s1. The molecule has 0 bridgehead atoms. The molecule has 4 nitrogen and oxygen atoms in total. The SMILES string of the molecule is COc1ccc2c(c1)C[C@@H]1[C@@H](CCCN1CCN1CCN(c3ccccc3)CC1)C2. The van der Waals surface area contributed by atoms with Gasteiger partial charge in [-0.3, -0.25) is 9.80 Å². The monoisotopic (exact) mass is 405 g/mol. The normalized spacial score (nSPS) is 24.9. The number of fused-ring (bicyclic) bond motifs is 2. The minimum atomic E-state index is 0.712. The molecule has 0 spiro atoms. The van der Waals surface area contributed by atoms with Crippen LogP contribution in [0.5, 0.6) is 5.75 Å². The van der Waals surface area contributed by atoms with Gasteiger partial charge in [0.1, 0.15) is 5.75 Å². The van der Waals surface area contributed by atoms with E-state index in [9.17, 15) is 0 Å². The number of methoxy groups -OCH3 is 1. The average molecular weight is 406 g/mol. The van der Waals surface area contributed by atoms with Gasteiger partial charge in [0.05, 0.1) is 7.11 Å². The van der Waals surface area contributed by atoms with Crippen molar-refractivity contribution in [1.82, 2.24) is 9.80 Å². The fourth-order valence-corrected chi connectivity index (χ4v) is 5.79. The van der Waals surface area contributed by atoms with E-state index in [0.29, 0.717) is 6.04 Å². The Hall–Kier alpha value is -2.04. The highest BCUT2D eigenvalue weighted by molar-refractivity contribution is 5.46. The van der Waals surface area contributed by atoms with Gasteiger partial charge in [-0.25, -0.2) is 0 Å². The minimum absolute atomic E-state index is 0.712. The predicted molar refractivity (Wildman–Crippen MR) is 124 cm³/mol. The molecule has 0 unspecified atom stereocenters. The van der Waals surface area contributed by atoms with Crippen LogP contribution >= 0.6 is 0 Å². The first kappa shape index (κ1) is 19.9. The molecule has 2 saturated heterocycles. The van der Waals surface area contributed by atoms with Crippen molar-refractivity contribution in [2.75, 3.05) is 57.8 Å². The fourth-order valence-electron chi connectivity index (χ4n) is 5.79. The molecule has 160 valence electrons. The van der Waals surface area contributed by atoms with E-state index in [2.05, 4.69) is 63.2 Å². The van der Waals surface area contributed by atoms with Crippen molar-refractivity contribution in [3.63, 3.8) is 0 Å². The molecule has 0 radical (unpaired) electrons. The summed E-state index contributed by atoms with van der Waals surface area (Å²) in [6, 6.07) is 18.3. The van der Waals surface area contributed by atoms with Crippen molar-refractivity contribution < 1.29 is 4.74 Å². The number of nitrogens with zero attached hydrogens (tertiary/aromatic N) is 3. The van der Waals surface area contributed by atoms with Gasteiger partial charge in [0.25, 0.3) is 0 Å². The van der Waals surface area contributed by atoms with Crippen LogP contribution in [-0.2, 0) is 12.8 Å². The number of para-hydroxylation sites is 1. The van der Waals surface area contributed by atoms with Gasteiger partial charge in [-0.1, -0.05) is 24.3 Å². The minimum Gasteiger partial charge on any atom is -0.497 e. The summed E-state index contributed by atoms with van der Waals surface area (Å²) in [5, 5.41) is 0. The summed E-state index contributed by atoms with van der Waals surface area (Å²) >= 11 is 0. The molecule has 2 aliphatic heterocycles. The van der Waals surface area contributed by atoms with Crippen LogP contribution in [0.2, 0.25) is 0 Å². The zero-order chi connectivity index (χ0) is 20.3. The molecule has 4 heteroatoms. The smallest absolute Gasteiger partial charge is 0.119 e. The summed E-state index contributed by atoms with van der Waals surface area (Å²) in [6.45, 7) is 8.33. The number of hydrogen-bond acceptors (Lipinski definition) is 4. The molecule has 2 aromatic rings. The van der Waals surface area contributed by atoms with E-state index < -0.39 is 0 Å². The Bertz CT molecular complexity index is 831. The molecule has 3 aliphatic rings. The van der Waals surface area contributed by atoms with E-state index in [1.54, 1.807) is 12.7 Å². The summed E-state index contributed by atoms with van der Waals surface area (Å²) < 4.78 is 5.49. The molecule has 1 aliphatic carbocycles. The summed E-state index contributed by atoms with van der Waals surface area (Å²) in [4.78, 5) is 8.00. The average Bonchev–Trinajstić information content (AvgIpc) is 2.82. The first-order valence-electron chi connectivity index (χ1n) is 11.7. The van der Waals surface area contributed by atoms with Crippen LogP contribution in [0.1, 0.15) is 24.0 Å². The number of ether oxygens (including phenoxy) is 1. The Morgan fingerprint density at radius 2 is 1.70 bits per heavy atom. The number of piperidine rings is 1. The van der Waals surface area contributed by atoms with Gasteiger partial charge >= 0.3 is 0 Å². The third-order valence-corrected chi connectivity index (χ3v) is 7.56. The Labute approximate surface area is 181 Å². The largest absolute Gasteiger partial charge is 0.497 e. The fraction of sp³-hybridized carbons (Fsp3) is 0.538. The van der Waals surface area contributed by atoms with Crippen molar-refractivity contribution >= 4 is 5.69 Å². The maximum Gasteiger partial charge on any atom is 0.119 e. The highest BCUT2D eigenvalue weighted by atomic mass is 16.5. The molecule has 2 heterocycles. The van der Waals surface area contributed by atoms with Gasteiger partial charge in [-0.15, -0.1) is 0 Å². The van der Waals surface area contributed by atoms with Crippen LogP contribution in [-0.4, -0.2) is 68.8 Å². The second-order valence-electron chi connectivity index (χ2n) is 9.21. The second kappa shape index (κ2) is 8.99. The van der Waals surface area contributed by atoms with Gasteiger partial charge in [0.15, 0.2) is 0 Å². The zero-order valence-corrected chi connectivity index (χ0v) is 18.3. The molecular formula is C26H35N3O. The zero-order valence-electron chi connectivity index (χ0n) is 18.3. The van der Waals surface area contributed by atoms with Crippen molar-refractivity contribution in [3.8, 4) is 5.75 Å². The molecule has 0 amide bonds. The van der Waals surface area contributed by atoms with E-state index in [4.69, 9.17) is 4.74 Å². The summed E-state index contributed by atoms with van der Waals surface area (Å²) in [6.07, 6.45) is 5.19. The molecule has 0 N–H and O–H groups in total. The Kier molecular flexibility index (Phi) is 5.96. The molecule has 2 atom stereocenters. The summed E-state index contributed by atoms with van der Waals surface area (Å²) in [5.41, 5.74) is 4.43. The molecule has 30 heavy (non-hydrogen) atoms. The van der Waals surface area contributed by atoms with Crippen LogP contribution in [0, 0.1) is 5.92 Å². The number of rotatable bonds is 5. The second-order valence-corrected chi connectivity index (χ2v) is 9.21. The van der Waals surface area contributed by atoms with E-state index in [1.807, 2.05) is 0 Å². The number of hydrogen-bond donors (Lipinski definition) is 0. The van der Waals surface area contributed by atoms with Gasteiger partial charge in [0.2, 0.25) is 0 Å². The number of benzene rings is 2. The molecular weight excluding hydrogens is 370 g/mol. The third kappa shape index (κ3) is 4.21. The molecule has 5 rings (SSSR count). The topological polar surface area (TPSA) is 19.0 Å².